The molecule has 0 bridgehead atoms. The van der Waals surface area contributed by atoms with Gasteiger partial charge in [0.25, 0.3) is 0 Å². The van der Waals surface area contributed by atoms with Crippen molar-refractivity contribution in [1.82, 2.24) is 0 Å². The van der Waals surface area contributed by atoms with E-state index in [0.717, 1.165) is 5.56 Å². The SMILES string of the molecule is COCc1cc(Cl)cc(C(C)CN)c1O. The molecule has 0 fully saturated rings. The summed E-state index contributed by atoms with van der Waals surface area (Å²) in [5, 5.41) is 10.5. The van der Waals surface area contributed by atoms with Gasteiger partial charge in [0.15, 0.2) is 0 Å². The van der Waals surface area contributed by atoms with Crippen molar-refractivity contribution in [2.24, 2.45) is 5.73 Å². The molecule has 1 rings (SSSR count). The zero-order chi connectivity index (χ0) is 11.4. The number of aromatic hydroxyl groups is 1. The molecule has 0 aliphatic rings. The number of hydrogen-bond acceptors (Lipinski definition) is 3. The smallest absolute Gasteiger partial charge is 0.124 e. The Morgan fingerprint density at radius 2 is 2.20 bits per heavy atom. The van der Waals surface area contributed by atoms with Crippen LogP contribution in [-0.4, -0.2) is 18.8 Å². The van der Waals surface area contributed by atoms with E-state index in [4.69, 9.17) is 22.1 Å². The minimum atomic E-state index is 0.0827. The summed E-state index contributed by atoms with van der Waals surface area (Å²) in [5.41, 5.74) is 7.03. The van der Waals surface area contributed by atoms with Crippen molar-refractivity contribution in [3.8, 4) is 5.75 Å². The summed E-state index contributed by atoms with van der Waals surface area (Å²) < 4.78 is 4.98. The summed E-state index contributed by atoms with van der Waals surface area (Å²) in [5.74, 6) is 0.318. The average Bonchev–Trinajstić information content (AvgIpc) is 2.22. The van der Waals surface area contributed by atoms with Gasteiger partial charge < -0.3 is 15.6 Å². The van der Waals surface area contributed by atoms with Crippen LogP contribution in [0, 0.1) is 0 Å². The first-order valence-electron chi connectivity index (χ1n) is 4.80. The molecule has 84 valence electrons. The number of phenolic OH excluding ortho intramolecular Hbond substituents is 1. The Labute approximate surface area is 94.8 Å². The molecule has 0 radical (unpaired) electrons. The van der Waals surface area contributed by atoms with E-state index >= 15 is 0 Å². The predicted molar refractivity (Wildman–Crippen MR) is 61.3 cm³/mol. The zero-order valence-electron chi connectivity index (χ0n) is 8.96. The van der Waals surface area contributed by atoms with Gasteiger partial charge in [0, 0.05) is 17.7 Å². The van der Waals surface area contributed by atoms with E-state index in [2.05, 4.69) is 0 Å². The van der Waals surface area contributed by atoms with Crippen LogP contribution in [0.25, 0.3) is 0 Å². The van der Waals surface area contributed by atoms with Crippen molar-refractivity contribution in [2.75, 3.05) is 13.7 Å². The van der Waals surface area contributed by atoms with Crippen LogP contribution < -0.4 is 5.73 Å². The van der Waals surface area contributed by atoms with Crippen molar-refractivity contribution in [3.05, 3.63) is 28.3 Å². The van der Waals surface area contributed by atoms with Gasteiger partial charge in [-0.25, -0.2) is 0 Å². The lowest BCUT2D eigenvalue weighted by atomic mass is 9.98. The van der Waals surface area contributed by atoms with Crippen molar-refractivity contribution in [3.63, 3.8) is 0 Å². The number of rotatable bonds is 4. The van der Waals surface area contributed by atoms with E-state index in [1.807, 2.05) is 6.92 Å². The lowest BCUT2D eigenvalue weighted by Gasteiger charge is -2.14. The monoisotopic (exact) mass is 229 g/mol. The highest BCUT2D eigenvalue weighted by molar-refractivity contribution is 6.30. The first-order valence-corrected chi connectivity index (χ1v) is 5.18. The third-order valence-corrected chi connectivity index (χ3v) is 2.59. The van der Waals surface area contributed by atoms with Crippen molar-refractivity contribution >= 4 is 11.6 Å². The molecule has 15 heavy (non-hydrogen) atoms. The summed E-state index contributed by atoms with van der Waals surface area (Å²) >= 11 is 5.95. The molecule has 1 unspecified atom stereocenters. The highest BCUT2D eigenvalue weighted by Gasteiger charge is 2.13. The Kier molecular flexibility index (Phi) is 4.39. The molecule has 4 heteroatoms. The van der Waals surface area contributed by atoms with Gasteiger partial charge in [-0.05, 0) is 30.2 Å². The second-order valence-electron chi connectivity index (χ2n) is 3.57. The van der Waals surface area contributed by atoms with Crippen molar-refractivity contribution in [1.29, 1.82) is 0 Å². The average molecular weight is 230 g/mol. The molecular weight excluding hydrogens is 214 g/mol. The van der Waals surface area contributed by atoms with Gasteiger partial charge in [0.1, 0.15) is 5.75 Å². The highest BCUT2D eigenvalue weighted by Crippen LogP contribution is 2.32. The number of methoxy groups -OCH3 is 1. The van der Waals surface area contributed by atoms with E-state index in [1.165, 1.54) is 0 Å². The van der Waals surface area contributed by atoms with Crippen LogP contribution in [0.4, 0.5) is 0 Å². The van der Waals surface area contributed by atoms with Crippen LogP contribution in [0.5, 0.6) is 5.75 Å². The van der Waals surface area contributed by atoms with Crippen LogP contribution in [0.2, 0.25) is 5.02 Å². The predicted octanol–water partition coefficient (Wildman–Crippen LogP) is 2.25. The van der Waals surface area contributed by atoms with Crippen molar-refractivity contribution in [2.45, 2.75) is 19.4 Å². The Bertz CT molecular complexity index is 342. The maximum Gasteiger partial charge on any atom is 0.124 e. The standard InChI is InChI=1S/C11H16ClNO2/c1-7(5-13)10-4-9(12)3-8(6-15-2)11(10)14/h3-4,7,14H,5-6,13H2,1-2H3. The Hall–Kier alpha value is -0.770. The van der Waals surface area contributed by atoms with Crippen molar-refractivity contribution < 1.29 is 9.84 Å². The largest absolute Gasteiger partial charge is 0.507 e. The molecule has 1 aromatic carbocycles. The first-order chi connectivity index (χ1) is 7.10. The van der Waals surface area contributed by atoms with Crippen LogP contribution >= 0.6 is 11.6 Å². The molecule has 0 aromatic heterocycles. The maximum absolute atomic E-state index is 9.95. The fourth-order valence-corrected chi connectivity index (χ4v) is 1.70. The third-order valence-electron chi connectivity index (χ3n) is 2.37. The first kappa shape index (κ1) is 12.3. The van der Waals surface area contributed by atoms with Gasteiger partial charge in [0.2, 0.25) is 0 Å². The molecule has 0 spiro atoms. The van der Waals surface area contributed by atoms with E-state index in [0.29, 0.717) is 23.7 Å². The summed E-state index contributed by atoms with van der Waals surface area (Å²) in [6.45, 7) is 2.76. The minimum absolute atomic E-state index is 0.0827. The molecule has 0 heterocycles. The number of halogens is 1. The fraction of sp³-hybridized carbons (Fsp3) is 0.455. The molecule has 1 aromatic rings. The van der Waals surface area contributed by atoms with Crippen LogP contribution in [-0.2, 0) is 11.3 Å². The topological polar surface area (TPSA) is 55.5 Å². The summed E-state index contributed by atoms with van der Waals surface area (Å²) in [4.78, 5) is 0. The Morgan fingerprint density at radius 3 is 2.73 bits per heavy atom. The summed E-state index contributed by atoms with van der Waals surface area (Å²) in [6.07, 6.45) is 0. The lowest BCUT2D eigenvalue weighted by Crippen LogP contribution is -2.09. The molecule has 0 saturated heterocycles. The van der Waals surface area contributed by atoms with Crippen LogP contribution in [0.3, 0.4) is 0 Å². The number of nitrogens with two attached hydrogens (primary N) is 1. The van der Waals surface area contributed by atoms with E-state index in [-0.39, 0.29) is 11.7 Å². The molecule has 0 aliphatic heterocycles. The molecule has 0 saturated carbocycles. The van der Waals surface area contributed by atoms with Gasteiger partial charge in [-0.3, -0.25) is 0 Å². The normalized spacial score (nSPS) is 12.8. The van der Waals surface area contributed by atoms with E-state index in [9.17, 15) is 5.11 Å². The number of phenols is 1. The molecule has 0 aliphatic carbocycles. The quantitative estimate of drug-likeness (QED) is 0.833. The lowest BCUT2D eigenvalue weighted by molar-refractivity contribution is 0.182. The Balaban J connectivity index is 3.15. The second-order valence-corrected chi connectivity index (χ2v) is 4.01. The molecule has 3 nitrogen and oxygen atoms in total. The van der Waals surface area contributed by atoms with Gasteiger partial charge in [-0.1, -0.05) is 18.5 Å². The summed E-state index contributed by atoms with van der Waals surface area (Å²) in [7, 11) is 1.58. The maximum atomic E-state index is 9.95. The Morgan fingerprint density at radius 1 is 1.53 bits per heavy atom. The molecular formula is C11H16ClNO2. The van der Waals surface area contributed by atoms with Gasteiger partial charge in [-0.2, -0.15) is 0 Å². The number of benzene rings is 1. The fourth-order valence-electron chi connectivity index (χ4n) is 1.45. The minimum Gasteiger partial charge on any atom is -0.507 e. The van der Waals surface area contributed by atoms with Crippen LogP contribution in [0.15, 0.2) is 12.1 Å². The van der Waals surface area contributed by atoms with E-state index < -0.39 is 0 Å². The third kappa shape index (κ3) is 2.84. The molecule has 1 atom stereocenters. The van der Waals surface area contributed by atoms with Crippen LogP contribution in [0.1, 0.15) is 24.0 Å². The zero-order valence-corrected chi connectivity index (χ0v) is 9.71. The molecule has 0 amide bonds. The number of ether oxygens (including phenoxy) is 1. The van der Waals surface area contributed by atoms with E-state index in [1.54, 1.807) is 19.2 Å². The highest BCUT2D eigenvalue weighted by atomic mass is 35.5. The van der Waals surface area contributed by atoms with Gasteiger partial charge in [-0.15, -0.1) is 0 Å². The number of hydrogen-bond donors (Lipinski definition) is 2. The second kappa shape index (κ2) is 5.35. The summed E-state index contributed by atoms with van der Waals surface area (Å²) in [6, 6.07) is 3.45. The molecule has 3 N–H and O–H groups in total. The van der Waals surface area contributed by atoms with Gasteiger partial charge in [0.05, 0.1) is 6.61 Å². The van der Waals surface area contributed by atoms with Gasteiger partial charge >= 0.3 is 0 Å².